The lowest BCUT2D eigenvalue weighted by molar-refractivity contribution is -0.150. The Hall–Kier alpha value is -1.08. The lowest BCUT2D eigenvalue weighted by Crippen LogP contribution is -2.51. The first kappa shape index (κ1) is 15.3. The highest BCUT2D eigenvalue weighted by Crippen LogP contribution is 2.29. The highest BCUT2D eigenvalue weighted by molar-refractivity contribution is 9.10. The van der Waals surface area contributed by atoms with E-state index in [9.17, 15) is 14.7 Å². The zero-order valence-electron chi connectivity index (χ0n) is 11.2. The van der Waals surface area contributed by atoms with Crippen LogP contribution in [0, 0.1) is 5.41 Å². The molecule has 2 rings (SSSR count). The fraction of sp³-hybridized carbons (Fsp3) is 0.538. The molecule has 0 saturated carbocycles. The summed E-state index contributed by atoms with van der Waals surface area (Å²) in [7, 11) is 0. The molecule has 1 saturated heterocycles. The molecule has 0 bridgehead atoms. The number of nitrogens with zero attached hydrogens (tertiary/aromatic N) is 1. The van der Waals surface area contributed by atoms with Crippen LogP contribution < -0.4 is 5.32 Å². The van der Waals surface area contributed by atoms with E-state index >= 15 is 0 Å². The highest BCUT2D eigenvalue weighted by atomic mass is 79.9. The second kappa shape index (κ2) is 6.13. The van der Waals surface area contributed by atoms with Crippen LogP contribution in [0.3, 0.4) is 0 Å². The number of piperidine rings is 1. The van der Waals surface area contributed by atoms with Gasteiger partial charge in [-0.2, -0.15) is 0 Å². The van der Waals surface area contributed by atoms with Crippen LogP contribution in [0.2, 0.25) is 0 Å². The SMILES string of the molecule is CC1(C(=O)O)CCCN(C(=O)NCc2sccc2Br)C1. The van der Waals surface area contributed by atoms with Crippen molar-refractivity contribution in [3.05, 3.63) is 20.8 Å². The number of urea groups is 1. The fourth-order valence-corrected chi connectivity index (χ4v) is 3.74. The standard InChI is InChI=1S/C13H17BrN2O3S/c1-13(11(17)18)4-2-5-16(8-13)12(19)15-7-10-9(14)3-6-20-10/h3,6H,2,4-5,7-8H2,1H3,(H,15,19)(H,17,18). The number of carbonyl (C=O) groups excluding carboxylic acids is 1. The normalized spacial score (nSPS) is 22.6. The number of carboxylic acids is 1. The van der Waals surface area contributed by atoms with Gasteiger partial charge in [-0.15, -0.1) is 11.3 Å². The summed E-state index contributed by atoms with van der Waals surface area (Å²) in [6, 6.07) is 1.74. The van der Waals surface area contributed by atoms with Gasteiger partial charge < -0.3 is 15.3 Å². The maximum atomic E-state index is 12.1. The first-order valence-electron chi connectivity index (χ1n) is 6.40. The Kier molecular flexibility index (Phi) is 4.70. The van der Waals surface area contributed by atoms with Gasteiger partial charge in [0.25, 0.3) is 0 Å². The van der Waals surface area contributed by atoms with Crippen molar-refractivity contribution in [1.82, 2.24) is 10.2 Å². The van der Waals surface area contributed by atoms with E-state index in [1.54, 1.807) is 23.2 Å². The number of amides is 2. The number of likely N-dealkylation sites (tertiary alicyclic amines) is 1. The van der Waals surface area contributed by atoms with E-state index in [2.05, 4.69) is 21.2 Å². The van der Waals surface area contributed by atoms with E-state index in [1.807, 2.05) is 11.4 Å². The molecule has 0 aliphatic carbocycles. The zero-order chi connectivity index (χ0) is 14.8. The lowest BCUT2D eigenvalue weighted by Gasteiger charge is -2.37. The minimum atomic E-state index is -0.837. The minimum absolute atomic E-state index is 0.197. The van der Waals surface area contributed by atoms with Gasteiger partial charge in [-0.25, -0.2) is 4.79 Å². The number of thiophene rings is 1. The van der Waals surface area contributed by atoms with Crippen LogP contribution in [0.25, 0.3) is 0 Å². The van der Waals surface area contributed by atoms with Crippen molar-refractivity contribution in [2.45, 2.75) is 26.3 Å². The van der Waals surface area contributed by atoms with Gasteiger partial charge in [0.15, 0.2) is 0 Å². The predicted octanol–water partition coefficient (Wildman–Crippen LogP) is 2.91. The second-order valence-electron chi connectivity index (χ2n) is 5.24. The second-order valence-corrected chi connectivity index (χ2v) is 7.10. The average molecular weight is 361 g/mol. The number of rotatable bonds is 3. The molecule has 5 nitrogen and oxygen atoms in total. The largest absolute Gasteiger partial charge is 0.481 e. The van der Waals surface area contributed by atoms with Crippen LogP contribution in [0.15, 0.2) is 15.9 Å². The van der Waals surface area contributed by atoms with Gasteiger partial charge in [-0.1, -0.05) is 0 Å². The monoisotopic (exact) mass is 360 g/mol. The number of hydrogen-bond acceptors (Lipinski definition) is 3. The zero-order valence-corrected chi connectivity index (χ0v) is 13.6. The third-order valence-corrected chi connectivity index (χ3v) is 5.52. The smallest absolute Gasteiger partial charge is 0.317 e. The maximum Gasteiger partial charge on any atom is 0.317 e. The van der Waals surface area contributed by atoms with E-state index in [-0.39, 0.29) is 12.6 Å². The fourth-order valence-electron chi connectivity index (χ4n) is 2.31. The molecule has 0 spiro atoms. The van der Waals surface area contributed by atoms with Gasteiger partial charge in [-0.05, 0) is 47.1 Å². The molecule has 2 N–H and O–H groups in total. The Balaban J connectivity index is 1.92. The van der Waals surface area contributed by atoms with E-state index in [4.69, 9.17) is 0 Å². The third-order valence-electron chi connectivity index (χ3n) is 3.59. The quantitative estimate of drug-likeness (QED) is 0.870. The van der Waals surface area contributed by atoms with Crippen molar-refractivity contribution in [3.8, 4) is 0 Å². The summed E-state index contributed by atoms with van der Waals surface area (Å²) < 4.78 is 0.983. The van der Waals surface area contributed by atoms with Crippen LogP contribution in [0.5, 0.6) is 0 Å². The predicted molar refractivity (Wildman–Crippen MR) is 80.8 cm³/mol. The number of carbonyl (C=O) groups is 2. The van der Waals surface area contributed by atoms with Crippen LogP contribution in [-0.4, -0.2) is 35.1 Å². The molecule has 7 heteroatoms. The minimum Gasteiger partial charge on any atom is -0.481 e. The number of aliphatic carboxylic acids is 1. The molecule has 2 heterocycles. The summed E-state index contributed by atoms with van der Waals surface area (Å²) in [5.74, 6) is -0.837. The van der Waals surface area contributed by atoms with Crippen LogP contribution in [0.1, 0.15) is 24.6 Å². The van der Waals surface area contributed by atoms with E-state index in [1.165, 1.54) is 0 Å². The number of hydrogen-bond donors (Lipinski definition) is 2. The maximum absolute atomic E-state index is 12.1. The molecule has 20 heavy (non-hydrogen) atoms. The molecule has 1 unspecified atom stereocenters. The van der Waals surface area contributed by atoms with Crippen LogP contribution >= 0.6 is 27.3 Å². The highest BCUT2D eigenvalue weighted by Gasteiger charge is 2.39. The Morgan fingerprint density at radius 2 is 2.35 bits per heavy atom. The molecule has 1 fully saturated rings. The Morgan fingerprint density at radius 1 is 1.60 bits per heavy atom. The Bertz CT molecular complexity index is 519. The molecule has 110 valence electrons. The van der Waals surface area contributed by atoms with E-state index in [0.717, 1.165) is 15.8 Å². The van der Waals surface area contributed by atoms with Gasteiger partial charge in [0.05, 0.1) is 12.0 Å². The summed E-state index contributed by atoms with van der Waals surface area (Å²) >= 11 is 4.99. The lowest BCUT2D eigenvalue weighted by atomic mass is 9.82. The number of carboxylic acid groups (broad SMARTS) is 1. The molecular weight excluding hydrogens is 344 g/mol. The summed E-state index contributed by atoms with van der Waals surface area (Å²) in [6.45, 7) is 3.03. The molecule has 2 amide bonds. The molecule has 1 aromatic heterocycles. The Morgan fingerprint density at radius 3 is 2.95 bits per heavy atom. The molecule has 1 aromatic rings. The van der Waals surface area contributed by atoms with Crippen LogP contribution in [-0.2, 0) is 11.3 Å². The molecular formula is C13H17BrN2O3S. The van der Waals surface area contributed by atoms with Crippen LogP contribution in [0.4, 0.5) is 4.79 Å². The van der Waals surface area contributed by atoms with Crippen molar-refractivity contribution < 1.29 is 14.7 Å². The van der Waals surface area contributed by atoms with Crippen molar-refractivity contribution >= 4 is 39.3 Å². The summed E-state index contributed by atoms with van der Waals surface area (Å²) in [6.07, 6.45) is 1.33. The molecule has 1 aliphatic heterocycles. The van der Waals surface area contributed by atoms with Gasteiger partial charge in [0.2, 0.25) is 0 Å². The first-order chi connectivity index (χ1) is 9.42. The van der Waals surface area contributed by atoms with E-state index < -0.39 is 11.4 Å². The van der Waals surface area contributed by atoms with Crippen molar-refractivity contribution in [2.24, 2.45) is 5.41 Å². The average Bonchev–Trinajstić information content (AvgIpc) is 2.81. The molecule has 1 atom stereocenters. The Labute approximate surface area is 130 Å². The van der Waals surface area contributed by atoms with Gasteiger partial charge >= 0.3 is 12.0 Å². The number of nitrogens with one attached hydrogen (secondary N) is 1. The van der Waals surface area contributed by atoms with Crippen molar-refractivity contribution in [3.63, 3.8) is 0 Å². The van der Waals surface area contributed by atoms with Gasteiger partial charge in [0, 0.05) is 22.4 Å². The first-order valence-corrected chi connectivity index (χ1v) is 8.08. The molecule has 0 radical (unpaired) electrons. The summed E-state index contributed by atoms with van der Waals surface area (Å²) in [5, 5.41) is 14.0. The topological polar surface area (TPSA) is 69.6 Å². The summed E-state index contributed by atoms with van der Waals surface area (Å²) in [4.78, 5) is 26.0. The molecule has 0 aromatic carbocycles. The van der Waals surface area contributed by atoms with Gasteiger partial charge in [0.1, 0.15) is 0 Å². The summed E-state index contributed by atoms with van der Waals surface area (Å²) in [5.41, 5.74) is -0.834. The third kappa shape index (κ3) is 3.32. The van der Waals surface area contributed by atoms with Crippen molar-refractivity contribution in [2.75, 3.05) is 13.1 Å². The van der Waals surface area contributed by atoms with E-state index in [0.29, 0.717) is 19.5 Å². The molecule has 1 aliphatic rings. The van der Waals surface area contributed by atoms with Crippen molar-refractivity contribution in [1.29, 1.82) is 0 Å². The van der Waals surface area contributed by atoms with Gasteiger partial charge in [-0.3, -0.25) is 4.79 Å². The number of halogens is 1.